The number of hydrogen-bond donors (Lipinski definition) is 0. The van der Waals surface area contributed by atoms with Crippen molar-refractivity contribution < 1.29 is 0 Å². The molecule has 19 heavy (non-hydrogen) atoms. The fraction of sp³-hybridized carbons (Fsp3) is 0.429. The maximum atomic E-state index is 11.6. The minimum atomic E-state index is 0.0559. The number of hydrogen-bond acceptors (Lipinski definition) is 3. The first-order valence-corrected chi connectivity index (χ1v) is 6.59. The molecule has 1 aliphatic heterocycles. The van der Waals surface area contributed by atoms with Gasteiger partial charge >= 0.3 is 0 Å². The average molecular weight is 258 g/mol. The number of likely N-dealkylation sites (tertiary alicyclic amines) is 1. The summed E-state index contributed by atoms with van der Waals surface area (Å²) < 4.78 is 3.63. The van der Waals surface area contributed by atoms with Gasteiger partial charge in [-0.15, -0.1) is 0 Å². The van der Waals surface area contributed by atoms with Crippen molar-refractivity contribution in [3.8, 4) is 0 Å². The maximum Gasteiger partial charge on any atom is 0.250 e. The van der Waals surface area contributed by atoms with Crippen molar-refractivity contribution in [3.63, 3.8) is 0 Å². The predicted molar refractivity (Wildman–Crippen MR) is 72.8 cm³/mol. The van der Waals surface area contributed by atoms with E-state index in [1.807, 2.05) is 35.4 Å². The summed E-state index contributed by atoms with van der Waals surface area (Å²) in [6, 6.07) is 6.16. The van der Waals surface area contributed by atoms with Crippen molar-refractivity contribution in [2.45, 2.75) is 19.0 Å². The molecular weight excluding hydrogens is 240 g/mol. The summed E-state index contributed by atoms with van der Waals surface area (Å²) in [5.41, 5.74) is 1.14. The highest BCUT2D eigenvalue weighted by Crippen LogP contribution is 2.21. The normalized spacial score (nSPS) is 19.9. The van der Waals surface area contributed by atoms with E-state index in [0.29, 0.717) is 6.04 Å². The van der Waals surface area contributed by atoms with Crippen molar-refractivity contribution in [1.82, 2.24) is 19.2 Å². The zero-order chi connectivity index (χ0) is 13.2. The average Bonchev–Trinajstić information content (AvgIpc) is 3.04. The van der Waals surface area contributed by atoms with Crippen LogP contribution in [-0.2, 0) is 13.6 Å². The van der Waals surface area contributed by atoms with Crippen LogP contribution in [-0.4, -0.2) is 32.3 Å². The van der Waals surface area contributed by atoms with Gasteiger partial charge in [0.1, 0.15) is 0 Å². The third-order valence-electron chi connectivity index (χ3n) is 3.72. The quantitative estimate of drug-likeness (QED) is 0.826. The van der Waals surface area contributed by atoms with E-state index in [-0.39, 0.29) is 5.56 Å². The molecule has 2 aromatic heterocycles. The Morgan fingerprint density at radius 3 is 3.05 bits per heavy atom. The molecule has 3 heterocycles. The van der Waals surface area contributed by atoms with Crippen LogP contribution in [0, 0.1) is 0 Å². The summed E-state index contributed by atoms with van der Waals surface area (Å²) in [7, 11) is 1.77. The van der Waals surface area contributed by atoms with Crippen molar-refractivity contribution in [3.05, 3.63) is 52.7 Å². The number of nitrogens with zero attached hydrogens (tertiary/aromatic N) is 4. The molecule has 0 amide bonds. The van der Waals surface area contributed by atoms with Gasteiger partial charge in [0, 0.05) is 51.3 Å². The first kappa shape index (κ1) is 12.2. The van der Waals surface area contributed by atoms with Crippen LogP contribution in [0.15, 0.2) is 41.6 Å². The van der Waals surface area contributed by atoms with Gasteiger partial charge in [-0.05, 0) is 24.1 Å². The lowest BCUT2D eigenvalue weighted by atomic mass is 10.2. The molecule has 0 spiro atoms. The van der Waals surface area contributed by atoms with Crippen LogP contribution >= 0.6 is 0 Å². The molecule has 1 saturated heterocycles. The van der Waals surface area contributed by atoms with Gasteiger partial charge in [0.15, 0.2) is 0 Å². The van der Waals surface area contributed by atoms with Crippen LogP contribution in [0.2, 0.25) is 0 Å². The SMILES string of the molecule is Cn1ccc(CN2CCC(n3cccn3)C2)cc1=O. The lowest BCUT2D eigenvalue weighted by Gasteiger charge is -2.16. The number of aromatic nitrogens is 3. The van der Waals surface area contributed by atoms with Gasteiger partial charge in [-0.25, -0.2) is 0 Å². The zero-order valence-electron chi connectivity index (χ0n) is 11.1. The van der Waals surface area contributed by atoms with Crippen molar-refractivity contribution >= 4 is 0 Å². The fourth-order valence-corrected chi connectivity index (χ4v) is 2.61. The first-order chi connectivity index (χ1) is 9.22. The second-order valence-electron chi connectivity index (χ2n) is 5.15. The molecule has 0 aromatic carbocycles. The Morgan fingerprint density at radius 2 is 2.32 bits per heavy atom. The van der Waals surface area contributed by atoms with Crippen molar-refractivity contribution in [2.75, 3.05) is 13.1 Å². The highest BCUT2D eigenvalue weighted by atomic mass is 16.1. The molecule has 0 saturated carbocycles. The highest BCUT2D eigenvalue weighted by Gasteiger charge is 2.23. The van der Waals surface area contributed by atoms with Crippen LogP contribution in [0.25, 0.3) is 0 Å². The molecule has 1 fully saturated rings. The minimum Gasteiger partial charge on any atom is -0.319 e. The molecule has 5 heteroatoms. The van der Waals surface area contributed by atoms with E-state index >= 15 is 0 Å². The lowest BCUT2D eigenvalue weighted by Crippen LogP contribution is -2.23. The zero-order valence-corrected chi connectivity index (χ0v) is 11.1. The molecular formula is C14H18N4O. The van der Waals surface area contributed by atoms with E-state index in [1.165, 1.54) is 0 Å². The molecule has 0 bridgehead atoms. The Balaban J connectivity index is 1.65. The summed E-state index contributed by atoms with van der Waals surface area (Å²) in [6.45, 7) is 2.89. The monoisotopic (exact) mass is 258 g/mol. The van der Waals surface area contributed by atoms with E-state index in [2.05, 4.69) is 10.00 Å². The Hall–Kier alpha value is -1.88. The first-order valence-electron chi connectivity index (χ1n) is 6.59. The van der Waals surface area contributed by atoms with E-state index in [4.69, 9.17) is 0 Å². The Kier molecular flexibility index (Phi) is 3.21. The van der Waals surface area contributed by atoms with Crippen LogP contribution in [0.4, 0.5) is 0 Å². The van der Waals surface area contributed by atoms with Gasteiger partial charge in [0.2, 0.25) is 0 Å². The molecule has 0 aliphatic carbocycles. The van der Waals surface area contributed by atoms with E-state index < -0.39 is 0 Å². The van der Waals surface area contributed by atoms with Crippen LogP contribution in [0.5, 0.6) is 0 Å². The minimum absolute atomic E-state index is 0.0559. The van der Waals surface area contributed by atoms with E-state index in [0.717, 1.165) is 31.6 Å². The molecule has 5 nitrogen and oxygen atoms in total. The van der Waals surface area contributed by atoms with Gasteiger partial charge in [-0.2, -0.15) is 5.10 Å². The smallest absolute Gasteiger partial charge is 0.250 e. The molecule has 0 radical (unpaired) electrons. The summed E-state index contributed by atoms with van der Waals surface area (Å²) in [4.78, 5) is 14.0. The predicted octanol–water partition coefficient (Wildman–Crippen LogP) is 1.03. The topological polar surface area (TPSA) is 43.1 Å². The summed E-state index contributed by atoms with van der Waals surface area (Å²) in [5, 5.41) is 4.30. The number of rotatable bonds is 3. The Morgan fingerprint density at radius 1 is 1.42 bits per heavy atom. The lowest BCUT2D eigenvalue weighted by molar-refractivity contribution is 0.311. The van der Waals surface area contributed by atoms with Crippen LogP contribution < -0.4 is 5.56 Å². The van der Waals surface area contributed by atoms with Gasteiger partial charge in [-0.3, -0.25) is 14.4 Å². The Labute approximate surface area is 112 Å². The highest BCUT2D eigenvalue weighted by molar-refractivity contribution is 5.11. The standard InChI is InChI=1S/C14H18N4O/c1-16-7-3-12(9-14(16)19)10-17-8-4-13(11-17)18-6-2-5-15-18/h2-3,5-7,9,13H,4,8,10-11H2,1H3. The third kappa shape index (κ3) is 2.61. The number of aryl methyl sites for hydroxylation is 1. The van der Waals surface area contributed by atoms with Crippen molar-refractivity contribution in [1.29, 1.82) is 0 Å². The van der Waals surface area contributed by atoms with Gasteiger partial charge in [-0.1, -0.05) is 0 Å². The van der Waals surface area contributed by atoms with Gasteiger partial charge in [0.05, 0.1) is 6.04 Å². The summed E-state index contributed by atoms with van der Waals surface area (Å²) in [6.07, 6.45) is 6.79. The molecule has 3 rings (SSSR count). The number of pyridine rings is 1. The molecule has 1 atom stereocenters. The van der Waals surface area contributed by atoms with Gasteiger partial charge < -0.3 is 4.57 Å². The molecule has 0 N–H and O–H groups in total. The molecule has 100 valence electrons. The second-order valence-corrected chi connectivity index (χ2v) is 5.15. The van der Waals surface area contributed by atoms with Crippen molar-refractivity contribution in [2.24, 2.45) is 7.05 Å². The summed E-state index contributed by atoms with van der Waals surface area (Å²) in [5.74, 6) is 0. The van der Waals surface area contributed by atoms with E-state index in [1.54, 1.807) is 17.7 Å². The fourth-order valence-electron chi connectivity index (χ4n) is 2.61. The second kappa shape index (κ2) is 5.01. The van der Waals surface area contributed by atoms with Crippen LogP contribution in [0.3, 0.4) is 0 Å². The van der Waals surface area contributed by atoms with Crippen LogP contribution in [0.1, 0.15) is 18.0 Å². The van der Waals surface area contributed by atoms with Gasteiger partial charge in [0.25, 0.3) is 5.56 Å². The Bertz CT molecular complexity index is 602. The molecule has 2 aromatic rings. The maximum absolute atomic E-state index is 11.6. The third-order valence-corrected chi connectivity index (χ3v) is 3.72. The molecule has 1 unspecified atom stereocenters. The van der Waals surface area contributed by atoms with E-state index in [9.17, 15) is 4.79 Å². The molecule has 1 aliphatic rings. The summed E-state index contributed by atoms with van der Waals surface area (Å²) >= 11 is 0. The largest absolute Gasteiger partial charge is 0.319 e.